The first-order valence-corrected chi connectivity index (χ1v) is 11.5. The van der Waals surface area contributed by atoms with E-state index >= 15 is 0 Å². The third-order valence-electron chi connectivity index (χ3n) is 5.12. The van der Waals surface area contributed by atoms with E-state index < -0.39 is 7.82 Å². The first-order valence-electron chi connectivity index (χ1n) is 10.0. The van der Waals surface area contributed by atoms with E-state index in [4.69, 9.17) is 13.6 Å². The Bertz CT molecular complexity index is 885. The molecule has 0 unspecified atom stereocenters. The van der Waals surface area contributed by atoms with Crippen molar-refractivity contribution in [2.45, 2.75) is 37.7 Å². The van der Waals surface area contributed by atoms with E-state index in [1.165, 1.54) is 5.56 Å². The summed E-state index contributed by atoms with van der Waals surface area (Å²) >= 11 is 0. The van der Waals surface area contributed by atoms with Crippen molar-refractivity contribution < 1.29 is 18.1 Å². The molecule has 0 aliphatic heterocycles. The lowest BCUT2D eigenvalue weighted by molar-refractivity contribution is 0.0934. The smallest absolute Gasteiger partial charge is 0.395 e. The fourth-order valence-electron chi connectivity index (χ4n) is 3.75. The number of hydrogen-bond acceptors (Lipinski definition) is 4. The maximum Gasteiger partial charge on any atom is 0.587 e. The predicted octanol–water partition coefficient (Wildman–Crippen LogP) is 7.00. The molecule has 0 spiro atoms. The molecule has 3 aromatic rings. The maximum absolute atomic E-state index is 13.7. The fourth-order valence-corrected chi connectivity index (χ4v) is 5.22. The summed E-state index contributed by atoms with van der Waals surface area (Å²) in [5, 5.41) is 0. The van der Waals surface area contributed by atoms with Crippen LogP contribution in [0.2, 0.25) is 0 Å². The van der Waals surface area contributed by atoms with Crippen LogP contribution in [0, 0.1) is 0 Å². The molecule has 3 aromatic carbocycles. The first-order chi connectivity index (χ1) is 14.2. The molecule has 1 aliphatic carbocycles. The Hall–Kier alpha value is -2.55. The molecule has 0 saturated heterocycles. The average molecular weight is 408 g/mol. The van der Waals surface area contributed by atoms with Crippen molar-refractivity contribution in [1.29, 1.82) is 0 Å². The van der Waals surface area contributed by atoms with E-state index in [1.54, 1.807) is 24.3 Å². The van der Waals surface area contributed by atoms with Crippen molar-refractivity contribution in [3.63, 3.8) is 0 Å². The highest BCUT2D eigenvalue weighted by atomic mass is 31.2. The van der Waals surface area contributed by atoms with Crippen LogP contribution in [0.25, 0.3) is 0 Å². The Morgan fingerprint density at radius 2 is 1.14 bits per heavy atom. The highest BCUT2D eigenvalue weighted by molar-refractivity contribution is 7.49. The van der Waals surface area contributed by atoms with Crippen LogP contribution in [0.5, 0.6) is 11.5 Å². The van der Waals surface area contributed by atoms with Crippen molar-refractivity contribution in [1.82, 2.24) is 0 Å². The van der Waals surface area contributed by atoms with Gasteiger partial charge in [-0.15, -0.1) is 0 Å². The Morgan fingerprint density at radius 1 is 0.655 bits per heavy atom. The van der Waals surface area contributed by atoms with Crippen LogP contribution in [-0.4, -0.2) is 6.10 Å². The van der Waals surface area contributed by atoms with Crippen molar-refractivity contribution in [3.05, 3.63) is 96.6 Å². The summed E-state index contributed by atoms with van der Waals surface area (Å²) in [5.74, 6) is 1.08. The molecule has 4 rings (SSSR count). The summed E-state index contributed by atoms with van der Waals surface area (Å²) in [7, 11) is -3.89. The first kappa shape index (κ1) is 19.8. The molecule has 0 N–H and O–H groups in total. The normalized spacial score (nSPS) is 19.4. The van der Waals surface area contributed by atoms with Gasteiger partial charge in [-0.1, -0.05) is 79.6 Å². The van der Waals surface area contributed by atoms with Crippen molar-refractivity contribution in [2.24, 2.45) is 0 Å². The molecule has 0 radical (unpaired) electrons. The van der Waals surface area contributed by atoms with E-state index in [-0.39, 0.29) is 12.0 Å². The van der Waals surface area contributed by atoms with E-state index in [9.17, 15) is 4.57 Å². The number of phosphoric acid groups is 1. The molecule has 2 atom stereocenters. The zero-order valence-electron chi connectivity index (χ0n) is 16.2. The number of rotatable bonds is 7. The van der Waals surface area contributed by atoms with E-state index in [0.717, 1.165) is 25.7 Å². The highest BCUT2D eigenvalue weighted by Gasteiger charge is 2.39. The predicted molar refractivity (Wildman–Crippen MR) is 114 cm³/mol. The Kier molecular flexibility index (Phi) is 6.33. The second-order valence-corrected chi connectivity index (χ2v) is 8.67. The van der Waals surface area contributed by atoms with Crippen molar-refractivity contribution in [3.8, 4) is 11.5 Å². The van der Waals surface area contributed by atoms with Crippen molar-refractivity contribution in [2.75, 3.05) is 0 Å². The number of phosphoric ester groups is 1. The van der Waals surface area contributed by atoms with E-state index in [0.29, 0.717) is 11.5 Å². The van der Waals surface area contributed by atoms with Gasteiger partial charge in [-0.05, 0) is 42.7 Å². The molecule has 0 aromatic heterocycles. The summed E-state index contributed by atoms with van der Waals surface area (Å²) in [5.41, 5.74) is 1.20. The lowest BCUT2D eigenvalue weighted by Gasteiger charge is -2.33. The Labute approximate surface area is 172 Å². The summed E-state index contributed by atoms with van der Waals surface area (Å²) in [4.78, 5) is 0. The molecule has 0 heterocycles. The molecular weight excluding hydrogens is 383 g/mol. The van der Waals surface area contributed by atoms with Gasteiger partial charge >= 0.3 is 7.82 Å². The molecule has 4 nitrogen and oxygen atoms in total. The standard InChI is InChI=1S/C24H25O4P/c25-29(26-21-14-6-2-7-15-21,27-22-16-8-3-9-17-22)28-24-19-11-10-18-23(24)20-12-4-1-5-13-20/h1-9,12-17,23-24H,10-11,18-19H2/t23-,24+/m1/s1. The van der Waals surface area contributed by atoms with Crippen molar-refractivity contribution >= 4 is 7.82 Å². The summed E-state index contributed by atoms with van der Waals surface area (Å²) < 4.78 is 31.5. The highest BCUT2D eigenvalue weighted by Crippen LogP contribution is 2.53. The van der Waals surface area contributed by atoms with Crippen LogP contribution in [0.4, 0.5) is 0 Å². The number of para-hydroxylation sites is 2. The zero-order valence-corrected chi connectivity index (χ0v) is 17.1. The van der Waals surface area contributed by atoms with Gasteiger partial charge < -0.3 is 9.05 Å². The SMILES string of the molecule is O=P(Oc1ccccc1)(Oc1ccccc1)O[C@H]1CCCC[C@@H]1c1ccccc1. The minimum Gasteiger partial charge on any atom is -0.395 e. The largest absolute Gasteiger partial charge is 0.587 e. The van der Waals surface area contributed by atoms with Gasteiger partial charge in [-0.2, -0.15) is 0 Å². The van der Waals surface area contributed by atoms with E-state index in [2.05, 4.69) is 12.1 Å². The van der Waals surface area contributed by atoms with E-state index in [1.807, 2.05) is 54.6 Å². The molecular formula is C24H25O4P. The van der Waals surface area contributed by atoms with Gasteiger partial charge in [-0.25, -0.2) is 4.57 Å². The van der Waals surface area contributed by atoms with Crippen LogP contribution in [0.15, 0.2) is 91.0 Å². The maximum atomic E-state index is 13.7. The third-order valence-corrected chi connectivity index (χ3v) is 6.51. The molecule has 0 amide bonds. The minimum atomic E-state index is -3.89. The van der Waals surface area contributed by atoms with Gasteiger partial charge in [0.25, 0.3) is 0 Å². The topological polar surface area (TPSA) is 44.8 Å². The Morgan fingerprint density at radius 3 is 1.69 bits per heavy atom. The van der Waals surface area contributed by atoms with Crippen LogP contribution in [-0.2, 0) is 9.09 Å². The van der Waals surface area contributed by atoms with Gasteiger partial charge in [0.15, 0.2) is 0 Å². The van der Waals surface area contributed by atoms with Crippen LogP contribution >= 0.6 is 7.82 Å². The molecule has 0 bridgehead atoms. The van der Waals surface area contributed by atoms with Crippen LogP contribution in [0.1, 0.15) is 37.2 Å². The molecule has 1 fully saturated rings. The average Bonchev–Trinajstić information content (AvgIpc) is 2.76. The molecule has 150 valence electrons. The second-order valence-electron chi connectivity index (χ2n) is 7.20. The number of benzene rings is 3. The minimum absolute atomic E-state index is 0.164. The summed E-state index contributed by atoms with van der Waals surface area (Å²) in [6.07, 6.45) is 3.74. The lowest BCUT2D eigenvalue weighted by Crippen LogP contribution is -2.27. The fraction of sp³-hybridized carbons (Fsp3) is 0.250. The summed E-state index contributed by atoms with van der Waals surface area (Å²) in [6.45, 7) is 0. The molecule has 29 heavy (non-hydrogen) atoms. The molecule has 1 saturated carbocycles. The molecule has 1 aliphatic rings. The summed E-state index contributed by atoms with van der Waals surface area (Å²) in [6, 6.07) is 28.3. The monoisotopic (exact) mass is 408 g/mol. The van der Waals surface area contributed by atoms with Gasteiger partial charge in [0.05, 0.1) is 6.10 Å². The number of hydrogen-bond donors (Lipinski definition) is 0. The van der Waals surface area contributed by atoms with Gasteiger partial charge in [0, 0.05) is 5.92 Å². The zero-order chi connectivity index (χ0) is 19.9. The van der Waals surface area contributed by atoms with Crippen LogP contribution < -0.4 is 9.05 Å². The second kappa shape index (κ2) is 9.30. The van der Waals surface area contributed by atoms with Gasteiger partial charge in [-0.3, -0.25) is 4.52 Å². The Balaban J connectivity index is 1.60. The van der Waals surface area contributed by atoms with Gasteiger partial charge in [0.2, 0.25) is 0 Å². The lowest BCUT2D eigenvalue weighted by atomic mass is 9.82. The van der Waals surface area contributed by atoms with Crippen LogP contribution in [0.3, 0.4) is 0 Å². The quantitative estimate of drug-likeness (QED) is 0.395. The molecule has 5 heteroatoms. The van der Waals surface area contributed by atoms with Gasteiger partial charge in [0.1, 0.15) is 11.5 Å². The third kappa shape index (κ3) is 5.29.